The Labute approximate surface area is 125 Å². The molecule has 0 aliphatic rings. The van der Waals surface area contributed by atoms with E-state index in [1.807, 2.05) is 24.3 Å². The van der Waals surface area contributed by atoms with Crippen molar-refractivity contribution in [3.05, 3.63) is 52.2 Å². The van der Waals surface area contributed by atoms with Gasteiger partial charge in [0, 0.05) is 17.5 Å². The molecule has 0 bridgehead atoms. The zero-order valence-electron chi connectivity index (χ0n) is 12.4. The molecule has 3 heteroatoms. The molecule has 0 aliphatic carbocycles. The topological polar surface area (TPSA) is 21.3 Å². The second kappa shape index (κ2) is 7.46. The summed E-state index contributed by atoms with van der Waals surface area (Å²) in [5.74, 6) is 1.52. The van der Waals surface area contributed by atoms with E-state index in [1.54, 1.807) is 0 Å². The van der Waals surface area contributed by atoms with E-state index in [-0.39, 0.29) is 0 Å². The summed E-state index contributed by atoms with van der Waals surface area (Å²) in [7, 11) is 0. The van der Waals surface area contributed by atoms with Crippen LogP contribution in [0.1, 0.15) is 37.3 Å². The molecule has 1 atom stereocenters. The van der Waals surface area contributed by atoms with Gasteiger partial charge >= 0.3 is 0 Å². The van der Waals surface area contributed by atoms with Gasteiger partial charge in [-0.15, -0.1) is 11.3 Å². The molecular formula is C17H23NOS. The zero-order chi connectivity index (χ0) is 14.4. The lowest BCUT2D eigenvalue weighted by Gasteiger charge is -2.21. The van der Waals surface area contributed by atoms with E-state index < -0.39 is 0 Å². The van der Waals surface area contributed by atoms with Crippen molar-refractivity contribution in [3.63, 3.8) is 0 Å². The predicted octanol–water partition coefficient (Wildman–Crippen LogP) is 4.63. The normalized spacial score (nSPS) is 12.6. The van der Waals surface area contributed by atoms with Crippen molar-refractivity contribution >= 4 is 11.3 Å². The van der Waals surface area contributed by atoms with Crippen LogP contribution in [0.4, 0.5) is 0 Å². The van der Waals surface area contributed by atoms with Crippen molar-refractivity contribution in [2.24, 2.45) is 5.92 Å². The minimum absolute atomic E-state index is 0.408. The average Bonchev–Trinajstić information content (AvgIpc) is 2.93. The van der Waals surface area contributed by atoms with Crippen LogP contribution in [-0.2, 0) is 6.54 Å². The number of benzene rings is 1. The highest BCUT2D eigenvalue weighted by Crippen LogP contribution is 2.26. The molecule has 0 fully saturated rings. The smallest absolute Gasteiger partial charge is 0.119 e. The summed E-state index contributed by atoms with van der Waals surface area (Å²) in [4.78, 5) is 1.40. The van der Waals surface area contributed by atoms with Crippen molar-refractivity contribution in [3.8, 4) is 5.75 Å². The molecule has 1 aromatic carbocycles. The van der Waals surface area contributed by atoms with Crippen molar-refractivity contribution in [1.82, 2.24) is 5.32 Å². The highest BCUT2D eigenvalue weighted by molar-refractivity contribution is 7.10. The number of nitrogens with one attached hydrogen (secondary N) is 1. The summed E-state index contributed by atoms with van der Waals surface area (Å²) in [6, 6.07) is 13.0. The molecule has 1 N–H and O–H groups in total. The lowest BCUT2D eigenvalue weighted by molar-refractivity contribution is 0.339. The van der Waals surface area contributed by atoms with Gasteiger partial charge in [0.2, 0.25) is 0 Å². The standard InChI is InChI=1S/C17H23NOS/c1-4-19-15-8-5-7-14(11-15)12-18-17(13(2)3)16-9-6-10-20-16/h5-11,13,17-18H,4,12H2,1-3H3. The molecule has 1 unspecified atom stereocenters. The van der Waals surface area contributed by atoms with Crippen molar-refractivity contribution < 1.29 is 4.74 Å². The maximum atomic E-state index is 5.55. The van der Waals surface area contributed by atoms with Crippen LogP contribution in [0.25, 0.3) is 0 Å². The van der Waals surface area contributed by atoms with Crippen molar-refractivity contribution in [2.45, 2.75) is 33.4 Å². The van der Waals surface area contributed by atoms with Crippen LogP contribution in [-0.4, -0.2) is 6.61 Å². The van der Waals surface area contributed by atoms with Gasteiger partial charge in [-0.2, -0.15) is 0 Å². The summed E-state index contributed by atoms with van der Waals surface area (Å²) in [6.07, 6.45) is 0. The Bertz CT molecular complexity index is 507. The van der Waals surface area contributed by atoms with Crippen LogP contribution in [0.2, 0.25) is 0 Å². The highest BCUT2D eigenvalue weighted by atomic mass is 32.1. The third-order valence-electron chi connectivity index (χ3n) is 3.25. The summed E-state index contributed by atoms with van der Waals surface area (Å²) in [6.45, 7) is 8.10. The molecule has 2 nitrogen and oxygen atoms in total. The summed E-state index contributed by atoms with van der Waals surface area (Å²) in [5.41, 5.74) is 1.26. The Morgan fingerprint density at radius 1 is 1.20 bits per heavy atom. The molecule has 0 saturated heterocycles. The van der Waals surface area contributed by atoms with Crippen LogP contribution in [0, 0.1) is 5.92 Å². The first-order valence-electron chi connectivity index (χ1n) is 7.19. The van der Waals surface area contributed by atoms with Crippen LogP contribution >= 0.6 is 11.3 Å². The summed E-state index contributed by atoms with van der Waals surface area (Å²) < 4.78 is 5.55. The molecular weight excluding hydrogens is 266 g/mol. The Hall–Kier alpha value is -1.32. The number of hydrogen-bond donors (Lipinski definition) is 1. The fraction of sp³-hybridized carbons (Fsp3) is 0.412. The number of thiophene rings is 1. The largest absolute Gasteiger partial charge is 0.494 e. The van der Waals surface area contributed by atoms with E-state index in [1.165, 1.54) is 10.4 Å². The quantitative estimate of drug-likeness (QED) is 0.802. The van der Waals surface area contributed by atoms with Gasteiger partial charge in [0.25, 0.3) is 0 Å². The second-order valence-corrected chi connectivity index (χ2v) is 6.18. The van der Waals surface area contributed by atoms with Crippen LogP contribution < -0.4 is 10.1 Å². The summed E-state index contributed by atoms with van der Waals surface area (Å²) in [5, 5.41) is 5.80. The first-order chi connectivity index (χ1) is 9.70. The third kappa shape index (κ3) is 4.09. The van der Waals surface area contributed by atoms with Crippen LogP contribution in [0.3, 0.4) is 0 Å². The molecule has 2 rings (SSSR count). The van der Waals surface area contributed by atoms with Crippen LogP contribution in [0.5, 0.6) is 5.75 Å². The Morgan fingerprint density at radius 3 is 2.70 bits per heavy atom. The molecule has 0 amide bonds. The Kier molecular flexibility index (Phi) is 5.62. The molecule has 20 heavy (non-hydrogen) atoms. The predicted molar refractivity (Wildman–Crippen MR) is 86.3 cm³/mol. The van der Waals surface area contributed by atoms with Gasteiger partial charge < -0.3 is 10.1 Å². The van der Waals surface area contributed by atoms with E-state index in [0.717, 1.165) is 12.3 Å². The molecule has 1 aromatic heterocycles. The fourth-order valence-electron chi connectivity index (χ4n) is 2.27. The lowest BCUT2D eigenvalue weighted by atomic mass is 10.0. The minimum Gasteiger partial charge on any atom is -0.494 e. The molecule has 0 radical (unpaired) electrons. The fourth-order valence-corrected chi connectivity index (χ4v) is 3.25. The van der Waals surface area contributed by atoms with Crippen molar-refractivity contribution in [2.75, 3.05) is 6.61 Å². The van der Waals surface area contributed by atoms with Gasteiger partial charge in [-0.05, 0) is 42.0 Å². The van der Waals surface area contributed by atoms with Crippen molar-refractivity contribution in [1.29, 1.82) is 0 Å². The number of rotatable bonds is 7. The van der Waals surface area contributed by atoms with E-state index >= 15 is 0 Å². The first kappa shape index (κ1) is 15.1. The third-order valence-corrected chi connectivity index (χ3v) is 4.21. The van der Waals surface area contributed by atoms with E-state index in [0.29, 0.717) is 18.6 Å². The van der Waals surface area contributed by atoms with Gasteiger partial charge in [-0.1, -0.05) is 32.0 Å². The molecule has 0 spiro atoms. The maximum Gasteiger partial charge on any atom is 0.119 e. The lowest BCUT2D eigenvalue weighted by Crippen LogP contribution is -2.24. The van der Waals surface area contributed by atoms with Gasteiger partial charge in [-0.25, -0.2) is 0 Å². The number of ether oxygens (including phenoxy) is 1. The first-order valence-corrected chi connectivity index (χ1v) is 8.07. The Morgan fingerprint density at radius 2 is 2.05 bits per heavy atom. The van der Waals surface area contributed by atoms with Crippen LogP contribution in [0.15, 0.2) is 41.8 Å². The Balaban J connectivity index is 2.01. The highest BCUT2D eigenvalue weighted by Gasteiger charge is 2.15. The van der Waals surface area contributed by atoms with E-state index in [4.69, 9.17) is 4.74 Å². The van der Waals surface area contributed by atoms with E-state index in [2.05, 4.69) is 54.9 Å². The minimum atomic E-state index is 0.408. The van der Waals surface area contributed by atoms with E-state index in [9.17, 15) is 0 Å². The zero-order valence-corrected chi connectivity index (χ0v) is 13.2. The SMILES string of the molecule is CCOc1cccc(CNC(c2cccs2)C(C)C)c1. The molecule has 2 aromatic rings. The number of hydrogen-bond acceptors (Lipinski definition) is 3. The molecule has 1 heterocycles. The average molecular weight is 289 g/mol. The monoisotopic (exact) mass is 289 g/mol. The molecule has 0 saturated carbocycles. The maximum absolute atomic E-state index is 5.55. The van der Waals surface area contributed by atoms with Gasteiger partial charge in [0.15, 0.2) is 0 Å². The second-order valence-electron chi connectivity index (χ2n) is 5.20. The van der Waals surface area contributed by atoms with Gasteiger partial charge in [0.05, 0.1) is 6.61 Å². The summed E-state index contributed by atoms with van der Waals surface area (Å²) >= 11 is 1.82. The van der Waals surface area contributed by atoms with Gasteiger partial charge in [-0.3, -0.25) is 0 Å². The molecule has 108 valence electrons. The van der Waals surface area contributed by atoms with Gasteiger partial charge in [0.1, 0.15) is 5.75 Å². The molecule has 0 aliphatic heterocycles.